The van der Waals surface area contributed by atoms with E-state index >= 15 is 0 Å². The topological polar surface area (TPSA) is 149 Å². The molecule has 2 rings (SSSR count). The lowest BCUT2D eigenvalue weighted by Crippen LogP contribution is -2.41. The van der Waals surface area contributed by atoms with Crippen molar-refractivity contribution in [1.82, 2.24) is 9.55 Å². The smallest absolute Gasteiger partial charge is 0.376 e. The Hall–Kier alpha value is -1.33. The van der Waals surface area contributed by atoms with Crippen molar-refractivity contribution < 1.29 is 33.1 Å². The molecule has 1 aliphatic heterocycles. The van der Waals surface area contributed by atoms with Crippen molar-refractivity contribution in [3.05, 3.63) is 33.1 Å². The molecule has 0 radical (unpaired) electrons. The molecule has 1 fully saturated rings. The number of methoxy groups -OCH3 is 2. The standard InChI is InChI=1S/C12H19N2O9P/c1-6(23-24(17,18)19)8-9(20-2)10(21-3)11(22-8)14-5-4-7(15)13-12(14)16/h4-6,8-11H,1-3H3,(H,13,15,16)(H2,17,18,19)/t6-,8-,9+,10+,11-/m1/s1. The molecule has 0 spiro atoms. The summed E-state index contributed by atoms with van der Waals surface area (Å²) in [5.41, 5.74) is -1.28. The third kappa shape index (κ3) is 4.01. The number of nitrogens with one attached hydrogen (secondary N) is 1. The van der Waals surface area contributed by atoms with Crippen LogP contribution in [-0.4, -0.2) is 58.0 Å². The molecule has 1 aliphatic rings. The maximum Gasteiger partial charge on any atom is 0.469 e. The van der Waals surface area contributed by atoms with Crippen LogP contribution < -0.4 is 11.2 Å². The van der Waals surface area contributed by atoms with Gasteiger partial charge in [-0.05, 0) is 6.92 Å². The lowest BCUT2D eigenvalue weighted by molar-refractivity contribution is -0.0832. The molecule has 1 aromatic rings. The highest BCUT2D eigenvalue weighted by molar-refractivity contribution is 7.46. The summed E-state index contributed by atoms with van der Waals surface area (Å²) in [6.07, 6.45) is -3.24. The minimum absolute atomic E-state index is 0.568. The summed E-state index contributed by atoms with van der Waals surface area (Å²) in [5.74, 6) is 0. The predicted molar refractivity (Wildman–Crippen MR) is 79.4 cm³/mol. The summed E-state index contributed by atoms with van der Waals surface area (Å²) in [5, 5.41) is 0. The summed E-state index contributed by atoms with van der Waals surface area (Å²) in [7, 11) is -1.99. The second kappa shape index (κ2) is 7.28. The Bertz CT molecular complexity index is 726. The van der Waals surface area contributed by atoms with E-state index < -0.39 is 49.7 Å². The van der Waals surface area contributed by atoms with Gasteiger partial charge >= 0.3 is 13.5 Å². The number of aromatic amines is 1. The Morgan fingerprint density at radius 2 is 1.92 bits per heavy atom. The van der Waals surface area contributed by atoms with Crippen molar-refractivity contribution in [1.29, 1.82) is 0 Å². The number of nitrogens with zero attached hydrogens (tertiary/aromatic N) is 1. The van der Waals surface area contributed by atoms with E-state index in [1.165, 1.54) is 27.3 Å². The van der Waals surface area contributed by atoms with Crippen LogP contribution in [0.2, 0.25) is 0 Å². The molecule has 1 saturated heterocycles. The molecule has 0 aliphatic carbocycles. The van der Waals surface area contributed by atoms with Gasteiger partial charge in [0, 0.05) is 26.5 Å². The Morgan fingerprint density at radius 1 is 1.29 bits per heavy atom. The van der Waals surface area contributed by atoms with E-state index in [0.29, 0.717) is 0 Å². The summed E-state index contributed by atoms with van der Waals surface area (Å²) in [4.78, 5) is 43.2. The molecule has 11 nitrogen and oxygen atoms in total. The van der Waals surface area contributed by atoms with Gasteiger partial charge < -0.3 is 24.0 Å². The highest BCUT2D eigenvalue weighted by Gasteiger charge is 2.50. The Labute approximate surface area is 136 Å². The molecule has 0 unspecified atom stereocenters. The molecule has 0 amide bonds. The molecular formula is C12H19N2O9P. The average molecular weight is 366 g/mol. The van der Waals surface area contributed by atoms with Gasteiger partial charge in [-0.3, -0.25) is 18.9 Å². The number of hydrogen-bond donors (Lipinski definition) is 3. The van der Waals surface area contributed by atoms with Crippen molar-refractivity contribution in [2.75, 3.05) is 14.2 Å². The van der Waals surface area contributed by atoms with Crippen LogP contribution in [0.15, 0.2) is 21.9 Å². The van der Waals surface area contributed by atoms with Crippen LogP contribution >= 0.6 is 7.82 Å². The number of ether oxygens (including phenoxy) is 3. The second-order valence-corrected chi connectivity index (χ2v) is 6.40. The third-order valence-electron chi connectivity index (χ3n) is 3.66. The van der Waals surface area contributed by atoms with E-state index in [-0.39, 0.29) is 0 Å². The molecular weight excluding hydrogens is 347 g/mol. The molecule has 0 bridgehead atoms. The van der Waals surface area contributed by atoms with E-state index in [9.17, 15) is 14.2 Å². The molecule has 136 valence electrons. The molecule has 24 heavy (non-hydrogen) atoms. The maximum atomic E-state index is 12.0. The molecule has 2 heterocycles. The molecule has 3 N–H and O–H groups in total. The molecule has 1 aromatic heterocycles. The van der Waals surface area contributed by atoms with E-state index in [2.05, 4.69) is 9.51 Å². The van der Waals surface area contributed by atoms with Gasteiger partial charge in [0.05, 0.1) is 6.10 Å². The van der Waals surface area contributed by atoms with Gasteiger partial charge in [-0.1, -0.05) is 0 Å². The Balaban J connectivity index is 2.35. The maximum absolute atomic E-state index is 12.0. The van der Waals surface area contributed by atoms with Gasteiger partial charge in [0.2, 0.25) is 0 Å². The summed E-state index contributed by atoms with van der Waals surface area (Å²) in [6, 6.07) is 1.14. The monoisotopic (exact) mass is 366 g/mol. The second-order valence-electron chi connectivity index (χ2n) is 5.21. The van der Waals surface area contributed by atoms with Crippen molar-refractivity contribution in [2.24, 2.45) is 0 Å². The lowest BCUT2D eigenvalue weighted by Gasteiger charge is -2.25. The lowest BCUT2D eigenvalue weighted by atomic mass is 10.1. The van der Waals surface area contributed by atoms with Gasteiger partial charge in [0.15, 0.2) is 6.23 Å². The zero-order valence-corrected chi connectivity index (χ0v) is 14.1. The predicted octanol–water partition coefficient (Wildman–Crippen LogP) is -1.04. The number of rotatable bonds is 6. The van der Waals surface area contributed by atoms with Crippen LogP contribution in [0.3, 0.4) is 0 Å². The van der Waals surface area contributed by atoms with Gasteiger partial charge in [0.25, 0.3) is 5.56 Å². The largest absolute Gasteiger partial charge is 0.469 e. The van der Waals surface area contributed by atoms with E-state index in [1.807, 2.05) is 0 Å². The minimum atomic E-state index is -4.74. The fourth-order valence-electron chi connectivity index (χ4n) is 2.69. The van der Waals surface area contributed by atoms with Crippen molar-refractivity contribution in [3.8, 4) is 0 Å². The number of H-pyrrole nitrogens is 1. The van der Waals surface area contributed by atoms with Gasteiger partial charge in [-0.2, -0.15) is 0 Å². The van der Waals surface area contributed by atoms with Crippen LogP contribution in [0, 0.1) is 0 Å². The number of phosphoric ester groups is 1. The first-order valence-corrected chi connectivity index (χ1v) is 8.47. The summed E-state index contributed by atoms with van der Waals surface area (Å²) >= 11 is 0. The van der Waals surface area contributed by atoms with Crippen molar-refractivity contribution in [3.63, 3.8) is 0 Å². The number of hydrogen-bond acceptors (Lipinski definition) is 7. The van der Waals surface area contributed by atoms with Crippen LogP contribution in [-0.2, 0) is 23.3 Å². The Kier molecular flexibility index (Phi) is 5.76. The van der Waals surface area contributed by atoms with Crippen LogP contribution in [0.1, 0.15) is 13.2 Å². The summed E-state index contributed by atoms with van der Waals surface area (Å²) in [6.45, 7) is 1.40. The van der Waals surface area contributed by atoms with E-state index in [0.717, 1.165) is 10.6 Å². The van der Waals surface area contributed by atoms with E-state index in [4.69, 9.17) is 24.0 Å². The number of aromatic nitrogens is 2. The third-order valence-corrected chi connectivity index (χ3v) is 4.27. The summed E-state index contributed by atoms with van der Waals surface area (Å²) < 4.78 is 33.1. The molecule has 12 heteroatoms. The normalized spacial score (nSPS) is 28.9. The zero-order valence-electron chi connectivity index (χ0n) is 13.2. The van der Waals surface area contributed by atoms with Crippen LogP contribution in [0.5, 0.6) is 0 Å². The SMILES string of the molecule is CO[C@@H]1[C@H](OC)[C@H](n2ccc(=O)[nH]c2=O)O[C@@H]1[C@@H](C)OP(=O)(O)O. The molecule has 0 aromatic carbocycles. The quantitative estimate of drug-likeness (QED) is 0.537. The Morgan fingerprint density at radius 3 is 2.42 bits per heavy atom. The highest BCUT2D eigenvalue weighted by atomic mass is 31.2. The fraction of sp³-hybridized carbons (Fsp3) is 0.667. The molecule has 5 atom stereocenters. The average Bonchev–Trinajstić information content (AvgIpc) is 2.83. The van der Waals surface area contributed by atoms with Gasteiger partial charge in [-0.15, -0.1) is 0 Å². The van der Waals surface area contributed by atoms with Crippen LogP contribution in [0.25, 0.3) is 0 Å². The first-order chi connectivity index (χ1) is 11.2. The van der Waals surface area contributed by atoms with Crippen molar-refractivity contribution >= 4 is 7.82 Å². The first-order valence-electron chi connectivity index (χ1n) is 6.94. The van der Waals surface area contributed by atoms with Gasteiger partial charge in [-0.25, -0.2) is 9.36 Å². The van der Waals surface area contributed by atoms with Crippen LogP contribution in [0.4, 0.5) is 0 Å². The molecule has 0 saturated carbocycles. The minimum Gasteiger partial charge on any atom is -0.376 e. The fourth-order valence-corrected chi connectivity index (χ4v) is 3.24. The number of phosphoric acid groups is 1. The highest BCUT2D eigenvalue weighted by Crippen LogP contribution is 2.42. The first kappa shape index (κ1) is 19.0. The van der Waals surface area contributed by atoms with E-state index in [1.54, 1.807) is 0 Å². The zero-order chi connectivity index (χ0) is 18.1. The van der Waals surface area contributed by atoms with Gasteiger partial charge in [0.1, 0.15) is 18.3 Å². The van der Waals surface area contributed by atoms with Crippen molar-refractivity contribution in [2.45, 2.75) is 37.6 Å².